The minimum absolute atomic E-state index is 0. The molecule has 6 heteroatoms. The summed E-state index contributed by atoms with van der Waals surface area (Å²) in [6.45, 7) is 5.17. The summed E-state index contributed by atoms with van der Waals surface area (Å²) in [6, 6.07) is 8.87. The van der Waals surface area contributed by atoms with Crippen LogP contribution < -0.4 is 10.6 Å². The standard InChI is InChI=1S/C21H30N4O.HI/c1-2-22-21(24-19-10-5-6-11-19)23-14-7-12-20(26)25-15-13-17-8-3-4-9-18(17)16-25;/h3-6,8-9,19H,2,7,10-16H2,1H3,(H2,22,23,24);1H. The first kappa shape index (κ1) is 21.7. The third-order valence-electron chi connectivity index (χ3n) is 4.99. The summed E-state index contributed by atoms with van der Waals surface area (Å²) in [5.74, 6) is 1.10. The predicted octanol–water partition coefficient (Wildman–Crippen LogP) is 3.24. The number of guanidine groups is 1. The van der Waals surface area contributed by atoms with Crippen molar-refractivity contribution in [3.63, 3.8) is 0 Å². The predicted molar refractivity (Wildman–Crippen MR) is 121 cm³/mol. The lowest BCUT2D eigenvalue weighted by atomic mass is 9.99. The van der Waals surface area contributed by atoms with Crippen molar-refractivity contribution in [2.24, 2.45) is 4.99 Å². The number of fused-ring (bicyclic) bond motifs is 1. The Hall–Kier alpha value is -1.57. The fourth-order valence-electron chi connectivity index (χ4n) is 3.54. The van der Waals surface area contributed by atoms with Crippen LogP contribution in [0.25, 0.3) is 0 Å². The second-order valence-corrected chi connectivity index (χ2v) is 6.98. The second kappa shape index (κ2) is 11.3. The third-order valence-corrected chi connectivity index (χ3v) is 4.99. The fraction of sp³-hybridized carbons (Fsp3) is 0.524. The third kappa shape index (κ3) is 6.52. The lowest BCUT2D eigenvalue weighted by Gasteiger charge is -2.28. The first-order valence-electron chi connectivity index (χ1n) is 9.80. The maximum atomic E-state index is 12.5. The number of hydrogen-bond acceptors (Lipinski definition) is 2. The zero-order chi connectivity index (χ0) is 18.2. The molecule has 1 amide bonds. The van der Waals surface area contributed by atoms with E-state index in [0.717, 1.165) is 51.3 Å². The SMILES string of the molecule is CCNC(=NCCCC(=O)N1CCc2ccccc2C1)NC1CC=CC1.I. The number of halogens is 1. The van der Waals surface area contributed by atoms with Crippen molar-refractivity contribution >= 4 is 35.8 Å². The molecule has 0 bridgehead atoms. The van der Waals surface area contributed by atoms with Gasteiger partial charge in [0.25, 0.3) is 0 Å². The molecule has 0 unspecified atom stereocenters. The smallest absolute Gasteiger partial charge is 0.222 e. The second-order valence-electron chi connectivity index (χ2n) is 6.98. The molecule has 1 aromatic carbocycles. The molecule has 2 aliphatic rings. The Bertz CT molecular complexity index is 666. The summed E-state index contributed by atoms with van der Waals surface area (Å²) in [7, 11) is 0. The van der Waals surface area contributed by atoms with E-state index < -0.39 is 0 Å². The van der Waals surface area contributed by atoms with Crippen LogP contribution in [0, 0.1) is 0 Å². The molecule has 2 N–H and O–H groups in total. The van der Waals surface area contributed by atoms with E-state index in [1.807, 2.05) is 4.90 Å². The number of benzene rings is 1. The van der Waals surface area contributed by atoms with Gasteiger partial charge in [0.1, 0.15) is 0 Å². The molecule has 1 aromatic rings. The molecular formula is C21H31IN4O. The van der Waals surface area contributed by atoms with Gasteiger partial charge in [-0.1, -0.05) is 36.4 Å². The summed E-state index contributed by atoms with van der Waals surface area (Å²) in [6.07, 6.45) is 8.84. The molecule has 1 heterocycles. The van der Waals surface area contributed by atoms with Crippen LogP contribution >= 0.6 is 24.0 Å². The Labute approximate surface area is 179 Å². The molecule has 0 saturated heterocycles. The van der Waals surface area contributed by atoms with Gasteiger partial charge >= 0.3 is 0 Å². The lowest BCUT2D eigenvalue weighted by molar-refractivity contribution is -0.132. The number of aliphatic imine (C=N–C) groups is 1. The highest BCUT2D eigenvalue weighted by Gasteiger charge is 2.19. The lowest BCUT2D eigenvalue weighted by Crippen LogP contribution is -2.42. The minimum atomic E-state index is 0. The van der Waals surface area contributed by atoms with Crippen LogP contribution in [0.4, 0.5) is 0 Å². The number of nitrogens with one attached hydrogen (secondary N) is 2. The van der Waals surface area contributed by atoms with Crippen molar-refractivity contribution < 1.29 is 4.79 Å². The molecule has 5 nitrogen and oxygen atoms in total. The van der Waals surface area contributed by atoms with E-state index in [9.17, 15) is 4.79 Å². The fourth-order valence-corrected chi connectivity index (χ4v) is 3.54. The first-order valence-corrected chi connectivity index (χ1v) is 9.80. The van der Waals surface area contributed by atoms with E-state index in [0.29, 0.717) is 19.0 Å². The van der Waals surface area contributed by atoms with Gasteiger partial charge in [-0.2, -0.15) is 0 Å². The van der Waals surface area contributed by atoms with Gasteiger partial charge in [0.05, 0.1) is 0 Å². The van der Waals surface area contributed by atoms with Crippen LogP contribution in [0.15, 0.2) is 41.4 Å². The van der Waals surface area contributed by atoms with Crippen molar-refractivity contribution in [2.75, 3.05) is 19.6 Å². The monoisotopic (exact) mass is 482 g/mol. The van der Waals surface area contributed by atoms with Gasteiger partial charge in [-0.05, 0) is 43.7 Å². The summed E-state index contributed by atoms with van der Waals surface area (Å²) in [5.41, 5.74) is 2.66. The molecule has 3 rings (SSSR count). The maximum Gasteiger partial charge on any atom is 0.222 e. The van der Waals surface area contributed by atoms with Crippen molar-refractivity contribution in [2.45, 2.75) is 51.6 Å². The van der Waals surface area contributed by atoms with Gasteiger partial charge in [0.2, 0.25) is 5.91 Å². The van der Waals surface area contributed by atoms with Crippen LogP contribution in [0.2, 0.25) is 0 Å². The molecule has 1 aliphatic heterocycles. The molecule has 0 fully saturated rings. The van der Waals surface area contributed by atoms with E-state index in [1.165, 1.54) is 11.1 Å². The van der Waals surface area contributed by atoms with Crippen LogP contribution in [0.3, 0.4) is 0 Å². The van der Waals surface area contributed by atoms with Crippen molar-refractivity contribution in [3.05, 3.63) is 47.5 Å². The maximum absolute atomic E-state index is 12.5. The van der Waals surface area contributed by atoms with E-state index in [-0.39, 0.29) is 29.9 Å². The van der Waals surface area contributed by atoms with E-state index in [4.69, 9.17) is 0 Å². The van der Waals surface area contributed by atoms with Gasteiger partial charge < -0.3 is 15.5 Å². The highest BCUT2D eigenvalue weighted by molar-refractivity contribution is 14.0. The summed E-state index contributed by atoms with van der Waals surface area (Å²) < 4.78 is 0. The number of nitrogens with zero attached hydrogens (tertiary/aromatic N) is 2. The highest BCUT2D eigenvalue weighted by atomic mass is 127. The number of rotatable bonds is 6. The molecule has 148 valence electrons. The zero-order valence-corrected chi connectivity index (χ0v) is 18.4. The summed E-state index contributed by atoms with van der Waals surface area (Å²) >= 11 is 0. The highest BCUT2D eigenvalue weighted by Crippen LogP contribution is 2.19. The molecule has 1 aliphatic carbocycles. The van der Waals surface area contributed by atoms with E-state index in [2.05, 4.69) is 59.0 Å². The summed E-state index contributed by atoms with van der Waals surface area (Å²) in [4.78, 5) is 19.1. The quantitative estimate of drug-likeness (QED) is 0.215. The Morgan fingerprint density at radius 2 is 1.96 bits per heavy atom. The van der Waals surface area contributed by atoms with Gasteiger partial charge in [-0.3, -0.25) is 9.79 Å². The molecule has 0 saturated carbocycles. The average Bonchev–Trinajstić information content (AvgIpc) is 3.17. The number of amides is 1. The first-order chi connectivity index (χ1) is 12.8. The van der Waals surface area contributed by atoms with Crippen LogP contribution in [0.1, 0.15) is 43.7 Å². The molecular weight excluding hydrogens is 451 g/mol. The van der Waals surface area contributed by atoms with Gasteiger partial charge in [0.15, 0.2) is 5.96 Å². The Kier molecular flexibility index (Phi) is 9.10. The van der Waals surface area contributed by atoms with Crippen molar-refractivity contribution in [1.82, 2.24) is 15.5 Å². The van der Waals surface area contributed by atoms with Crippen LogP contribution in [-0.4, -0.2) is 42.4 Å². The topological polar surface area (TPSA) is 56.7 Å². The Morgan fingerprint density at radius 3 is 2.70 bits per heavy atom. The Morgan fingerprint density at radius 1 is 1.22 bits per heavy atom. The van der Waals surface area contributed by atoms with Gasteiger partial charge in [0, 0.05) is 38.6 Å². The van der Waals surface area contributed by atoms with Crippen LogP contribution in [0.5, 0.6) is 0 Å². The normalized spacial score (nSPS) is 16.6. The zero-order valence-electron chi connectivity index (χ0n) is 16.1. The van der Waals surface area contributed by atoms with E-state index >= 15 is 0 Å². The number of hydrogen-bond donors (Lipinski definition) is 2. The van der Waals surface area contributed by atoms with Crippen LogP contribution in [-0.2, 0) is 17.8 Å². The summed E-state index contributed by atoms with van der Waals surface area (Å²) in [5, 5.41) is 6.75. The van der Waals surface area contributed by atoms with Gasteiger partial charge in [-0.25, -0.2) is 0 Å². The average molecular weight is 482 g/mol. The minimum Gasteiger partial charge on any atom is -0.357 e. The molecule has 0 spiro atoms. The van der Waals surface area contributed by atoms with Gasteiger partial charge in [-0.15, -0.1) is 24.0 Å². The molecule has 27 heavy (non-hydrogen) atoms. The molecule has 0 atom stereocenters. The molecule has 0 radical (unpaired) electrons. The Balaban J connectivity index is 0.00000261. The van der Waals surface area contributed by atoms with Crippen molar-refractivity contribution in [3.8, 4) is 0 Å². The number of carbonyl (C=O) groups excluding carboxylic acids is 1. The van der Waals surface area contributed by atoms with Crippen molar-refractivity contribution in [1.29, 1.82) is 0 Å². The van der Waals surface area contributed by atoms with E-state index in [1.54, 1.807) is 0 Å². The number of carbonyl (C=O) groups is 1. The molecule has 0 aromatic heterocycles. The largest absolute Gasteiger partial charge is 0.357 e.